The molecule has 0 aliphatic carbocycles. The average molecular weight is 256 g/mol. The number of imidazole rings is 1. The maximum atomic E-state index is 13.6. The number of aromatic nitrogens is 2. The molecule has 0 aliphatic heterocycles. The van der Waals surface area contributed by atoms with Gasteiger partial charge < -0.3 is 9.72 Å². The molecule has 3 rings (SSSR count). The van der Waals surface area contributed by atoms with Gasteiger partial charge in [-0.15, -0.1) is 0 Å². The van der Waals surface area contributed by atoms with Crippen LogP contribution < -0.4 is 4.74 Å². The topological polar surface area (TPSA) is 37.9 Å². The second kappa shape index (κ2) is 4.72. The fourth-order valence-electron chi connectivity index (χ4n) is 2.16. The number of H-pyrrole nitrogens is 1. The molecule has 1 aromatic heterocycles. The number of nitrogens with one attached hydrogen (secondary N) is 1. The number of fused-ring (bicyclic) bond motifs is 1. The number of methoxy groups -OCH3 is 1. The lowest BCUT2D eigenvalue weighted by atomic mass is 10.1. The minimum atomic E-state index is -0.306. The normalized spacial score (nSPS) is 10.8. The number of rotatable bonds is 3. The van der Waals surface area contributed by atoms with Gasteiger partial charge in [-0.3, -0.25) is 0 Å². The lowest BCUT2D eigenvalue weighted by Gasteiger charge is -2.05. The van der Waals surface area contributed by atoms with Crippen LogP contribution >= 0.6 is 0 Å². The van der Waals surface area contributed by atoms with Crippen molar-refractivity contribution in [2.24, 2.45) is 0 Å². The molecule has 0 unspecified atom stereocenters. The molecule has 19 heavy (non-hydrogen) atoms. The van der Waals surface area contributed by atoms with Gasteiger partial charge in [-0.2, -0.15) is 0 Å². The zero-order valence-electron chi connectivity index (χ0n) is 10.5. The van der Waals surface area contributed by atoms with Crippen molar-refractivity contribution in [1.29, 1.82) is 0 Å². The summed E-state index contributed by atoms with van der Waals surface area (Å²) in [7, 11) is 1.64. The molecule has 2 aromatic carbocycles. The summed E-state index contributed by atoms with van der Waals surface area (Å²) in [5, 5.41) is 0. The average Bonchev–Trinajstić information content (AvgIpc) is 2.83. The van der Waals surface area contributed by atoms with Gasteiger partial charge >= 0.3 is 0 Å². The molecular weight excluding hydrogens is 243 g/mol. The van der Waals surface area contributed by atoms with Gasteiger partial charge in [-0.05, 0) is 18.2 Å². The monoisotopic (exact) mass is 256 g/mol. The SMILES string of the molecule is COc1ccccc1Cc1nc2c(F)cccc2[nH]1. The number of para-hydroxylation sites is 2. The van der Waals surface area contributed by atoms with E-state index < -0.39 is 0 Å². The molecule has 1 N–H and O–H groups in total. The fraction of sp³-hybridized carbons (Fsp3) is 0.133. The summed E-state index contributed by atoms with van der Waals surface area (Å²) in [6, 6.07) is 12.6. The van der Waals surface area contributed by atoms with Crippen molar-refractivity contribution in [2.45, 2.75) is 6.42 Å². The van der Waals surface area contributed by atoms with E-state index in [2.05, 4.69) is 9.97 Å². The van der Waals surface area contributed by atoms with Crippen LogP contribution in [0.2, 0.25) is 0 Å². The smallest absolute Gasteiger partial charge is 0.151 e. The summed E-state index contributed by atoms with van der Waals surface area (Å²) in [6.45, 7) is 0. The summed E-state index contributed by atoms with van der Waals surface area (Å²) in [4.78, 5) is 7.43. The second-order valence-corrected chi connectivity index (χ2v) is 4.31. The third-order valence-corrected chi connectivity index (χ3v) is 3.06. The molecule has 1 heterocycles. The highest BCUT2D eigenvalue weighted by atomic mass is 19.1. The van der Waals surface area contributed by atoms with Gasteiger partial charge in [0.1, 0.15) is 17.1 Å². The third-order valence-electron chi connectivity index (χ3n) is 3.06. The van der Waals surface area contributed by atoms with Crippen LogP contribution in [0.3, 0.4) is 0 Å². The Morgan fingerprint density at radius 2 is 2.00 bits per heavy atom. The fourth-order valence-corrected chi connectivity index (χ4v) is 2.16. The van der Waals surface area contributed by atoms with Crippen molar-refractivity contribution in [1.82, 2.24) is 9.97 Å². The van der Waals surface area contributed by atoms with Crippen LogP contribution in [0.1, 0.15) is 11.4 Å². The molecular formula is C15H13FN2O. The Hall–Kier alpha value is -2.36. The Labute approximate surface area is 110 Å². The van der Waals surface area contributed by atoms with Gasteiger partial charge in [0.15, 0.2) is 5.82 Å². The molecule has 0 bridgehead atoms. The predicted molar refractivity (Wildman–Crippen MR) is 71.9 cm³/mol. The summed E-state index contributed by atoms with van der Waals surface area (Å²) < 4.78 is 18.9. The number of hydrogen-bond acceptors (Lipinski definition) is 2. The number of nitrogens with zero attached hydrogens (tertiary/aromatic N) is 1. The highest BCUT2D eigenvalue weighted by Crippen LogP contribution is 2.22. The first-order valence-electron chi connectivity index (χ1n) is 6.03. The minimum Gasteiger partial charge on any atom is -0.496 e. The van der Waals surface area contributed by atoms with Crippen molar-refractivity contribution in [2.75, 3.05) is 7.11 Å². The number of aromatic amines is 1. The molecule has 4 heteroatoms. The van der Waals surface area contributed by atoms with Crippen LogP contribution in [0.4, 0.5) is 4.39 Å². The molecule has 0 aliphatic rings. The molecule has 0 spiro atoms. The lowest BCUT2D eigenvalue weighted by Crippen LogP contribution is -1.94. The van der Waals surface area contributed by atoms with Crippen LogP contribution in [0, 0.1) is 5.82 Å². The lowest BCUT2D eigenvalue weighted by molar-refractivity contribution is 0.410. The van der Waals surface area contributed by atoms with Crippen molar-refractivity contribution < 1.29 is 9.13 Å². The van der Waals surface area contributed by atoms with Gasteiger partial charge in [0.2, 0.25) is 0 Å². The summed E-state index contributed by atoms with van der Waals surface area (Å²) in [5.74, 6) is 1.23. The highest BCUT2D eigenvalue weighted by molar-refractivity contribution is 5.75. The van der Waals surface area contributed by atoms with Crippen LogP contribution in [0.25, 0.3) is 11.0 Å². The zero-order valence-corrected chi connectivity index (χ0v) is 10.5. The molecule has 3 aromatic rings. The van der Waals surface area contributed by atoms with E-state index in [9.17, 15) is 4.39 Å². The highest BCUT2D eigenvalue weighted by Gasteiger charge is 2.09. The van der Waals surface area contributed by atoms with E-state index in [0.29, 0.717) is 17.5 Å². The van der Waals surface area contributed by atoms with Crippen LogP contribution in [-0.4, -0.2) is 17.1 Å². The first-order chi connectivity index (χ1) is 9.28. The zero-order chi connectivity index (χ0) is 13.2. The summed E-state index contributed by atoms with van der Waals surface area (Å²) in [5.41, 5.74) is 2.11. The standard InChI is InChI=1S/C15H13FN2O/c1-19-13-8-3-2-5-10(13)9-14-17-12-7-4-6-11(16)15(12)18-14/h2-8H,9H2,1H3,(H,17,18). The van der Waals surface area contributed by atoms with Gasteiger partial charge in [0.05, 0.1) is 12.6 Å². The number of hydrogen-bond donors (Lipinski definition) is 1. The molecule has 96 valence electrons. The third kappa shape index (κ3) is 2.17. The van der Waals surface area contributed by atoms with Crippen LogP contribution in [-0.2, 0) is 6.42 Å². The Morgan fingerprint density at radius 3 is 2.79 bits per heavy atom. The maximum Gasteiger partial charge on any atom is 0.151 e. The molecule has 0 radical (unpaired) electrons. The predicted octanol–water partition coefficient (Wildman–Crippen LogP) is 3.30. The molecule has 0 saturated carbocycles. The van der Waals surface area contributed by atoms with E-state index in [0.717, 1.165) is 17.1 Å². The van der Waals surface area contributed by atoms with E-state index in [-0.39, 0.29) is 5.82 Å². The Bertz CT molecular complexity index is 721. The van der Waals surface area contributed by atoms with E-state index in [1.807, 2.05) is 30.3 Å². The van der Waals surface area contributed by atoms with Gasteiger partial charge in [-0.1, -0.05) is 24.3 Å². The number of halogens is 1. The Balaban J connectivity index is 1.99. The maximum absolute atomic E-state index is 13.6. The van der Waals surface area contributed by atoms with Gasteiger partial charge in [0.25, 0.3) is 0 Å². The second-order valence-electron chi connectivity index (χ2n) is 4.31. The first-order valence-corrected chi connectivity index (χ1v) is 6.03. The molecule has 0 amide bonds. The van der Waals surface area contributed by atoms with Crippen LogP contribution in [0.5, 0.6) is 5.75 Å². The van der Waals surface area contributed by atoms with Crippen molar-refractivity contribution >= 4 is 11.0 Å². The summed E-state index contributed by atoms with van der Waals surface area (Å²) >= 11 is 0. The van der Waals surface area contributed by atoms with Crippen LogP contribution in [0.15, 0.2) is 42.5 Å². The van der Waals surface area contributed by atoms with Crippen molar-refractivity contribution in [3.8, 4) is 5.75 Å². The molecule has 0 fully saturated rings. The molecule has 0 atom stereocenters. The van der Waals surface area contributed by atoms with E-state index in [1.165, 1.54) is 6.07 Å². The largest absolute Gasteiger partial charge is 0.496 e. The Morgan fingerprint density at radius 1 is 1.16 bits per heavy atom. The van der Waals surface area contributed by atoms with Gasteiger partial charge in [0, 0.05) is 12.0 Å². The van der Waals surface area contributed by atoms with Gasteiger partial charge in [-0.25, -0.2) is 9.37 Å². The molecule has 3 nitrogen and oxygen atoms in total. The number of ether oxygens (including phenoxy) is 1. The summed E-state index contributed by atoms with van der Waals surface area (Å²) in [6.07, 6.45) is 0.581. The van der Waals surface area contributed by atoms with E-state index >= 15 is 0 Å². The van der Waals surface area contributed by atoms with Crippen molar-refractivity contribution in [3.05, 3.63) is 59.7 Å². The van der Waals surface area contributed by atoms with Crippen molar-refractivity contribution in [3.63, 3.8) is 0 Å². The quantitative estimate of drug-likeness (QED) is 0.780. The molecule has 0 saturated heterocycles. The first kappa shape index (κ1) is 11.7. The minimum absolute atomic E-state index is 0.306. The van der Waals surface area contributed by atoms with E-state index in [4.69, 9.17) is 4.74 Å². The number of benzene rings is 2. The van der Waals surface area contributed by atoms with E-state index in [1.54, 1.807) is 13.2 Å². The Kier molecular flexibility index (Phi) is 2.91.